The van der Waals surface area contributed by atoms with Gasteiger partial charge in [0.05, 0.1) is 29.1 Å². The zero-order valence-electron chi connectivity index (χ0n) is 17.8. The van der Waals surface area contributed by atoms with E-state index >= 15 is 0 Å². The van der Waals surface area contributed by atoms with Gasteiger partial charge in [-0.1, -0.05) is 52.9 Å². The molecule has 0 spiro atoms. The molecule has 0 aliphatic carbocycles. The molecular formula is C25H20N4O3S. The number of pyridine rings is 1. The number of amides is 1. The van der Waals surface area contributed by atoms with Crippen molar-refractivity contribution in [3.63, 3.8) is 0 Å². The van der Waals surface area contributed by atoms with Crippen LogP contribution in [0.4, 0.5) is 5.13 Å². The van der Waals surface area contributed by atoms with Crippen molar-refractivity contribution < 1.29 is 14.1 Å². The quantitative estimate of drug-likeness (QED) is 0.317. The van der Waals surface area contributed by atoms with Gasteiger partial charge in [-0.05, 0) is 37.3 Å². The van der Waals surface area contributed by atoms with Gasteiger partial charge in [-0.15, -0.1) is 0 Å². The van der Waals surface area contributed by atoms with Crippen LogP contribution in [0.5, 0.6) is 5.75 Å². The molecule has 5 aromatic rings. The summed E-state index contributed by atoms with van der Waals surface area (Å²) in [5, 5.41) is 4.60. The molecule has 0 unspecified atom stereocenters. The Hall–Kier alpha value is -4.04. The Kier molecular flexibility index (Phi) is 5.82. The van der Waals surface area contributed by atoms with Crippen LogP contribution in [0.15, 0.2) is 83.5 Å². The average Bonchev–Trinajstić information content (AvgIpc) is 3.51. The van der Waals surface area contributed by atoms with Crippen LogP contribution >= 0.6 is 11.3 Å². The smallest absolute Gasteiger partial charge is 0.282 e. The monoisotopic (exact) mass is 456 g/mol. The van der Waals surface area contributed by atoms with Crippen LogP contribution in [0.3, 0.4) is 0 Å². The number of thiazole rings is 1. The van der Waals surface area contributed by atoms with Crippen molar-refractivity contribution in [2.45, 2.75) is 13.5 Å². The molecule has 33 heavy (non-hydrogen) atoms. The largest absolute Gasteiger partial charge is 0.494 e. The standard InChI is InChI=1S/C25H20N4O3S/c1-2-31-19-11-12-20-23(14-19)33-25(27-20)29(16-18-10-6-7-13-26-18)24(30)21-15-22(32-28-21)17-8-4-3-5-9-17/h3-15H,2,16H2,1H3. The number of aromatic nitrogens is 3. The molecule has 8 heteroatoms. The maximum absolute atomic E-state index is 13.6. The summed E-state index contributed by atoms with van der Waals surface area (Å²) in [5.41, 5.74) is 2.59. The second-order valence-corrected chi connectivity index (χ2v) is 8.22. The number of benzene rings is 2. The molecule has 0 atom stereocenters. The number of fused-ring (bicyclic) bond motifs is 1. The Labute approximate surface area is 194 Å². The highest BCUT2D eigenvalue weighted by atomic mass is 32.1. The summed E-state index contributed by atoms with van der Waals surface area (Å²) >= 11 is 1.42. The Bertz CT molecular complexity index is 1380. The Morgan fingerprint density at radius 2 is 1.91 bits per heavy atom. The van der Waals surface area contributed by atoms with Crippen LogP contribution in [0.25, 0.3) is 21.5 Å². The number of rotatable bonds is 7. The van der Waals surface area contributed by atoms with Gasteiger partial charge in [0.2, 0.25) is 0 Å². The van der Waals surface area contributed by atoms with E-state index in [0.29, 0.717) is 17.5 Å². The summed E-state index contributed by atoms with van der Waals surface area (Å²) in [6.07, 6.45) is 1.70. The first kappa shape index (κ1) is 20.8. The van der Waals surface area contributed by atoms with E-state index < -0.39 is 0 Å². The normalized spacial score (nSPS) is 10.9. The van der Waals surface area contributed by atoms with Gasteiger partial charge in [-0.2, -0.15) is 0 Å². The van der Waals surface area contributed by atoms with Gasteiger partial charge in [0, 0.05) is 17.8 Å². The topological polar surface area (TPSA) is 81.4 Å². The summed E-state index contributed by atoms with van der Waals surface area (Å²) in [7, 11) is 0. The summed E-state index contributed by atoms with van der Waals surface area (Å²) in [5.74, 6) is 0.991. The zero-order chi connectivity index (χ0) is 22.6. The SMILES string of the molecule is CCOc1ccc2nc(N(Cc3ccccn3)C(=O)c3cc(-c4ccccc4)on3)sc2c1. The van der Waals surface area contributed by atoms with Gasteiger partial charge in [0.1, 0.15) is 5.75 Å². The lowest BCUT2D eigenvalue weighted by Crippen LogP contribution is -2.31. The molecule has 7 nitrogen and oxygen atoms in total. The van der Waals surface area contributed by atoms with Crippen LogP contribution in [0, 0.1) is 0 Å². The molecule has 0 aliphatic heterocycles. The summed E-state index contributed by atoms with van der Waals surface area (Å²) in [4.78, 5) is 24.2. The molecular weight excluding hydrogens is 436 g/mol. The van der Waals surface area contributed by atoms with Gasteiger partial charge >= 0.3 is 0 Å². The first-order chi connectivity index (χ1) is 16.2. The number of hydrogen-bond donors (Lipinski definition) is 0. The van der Waals surface area contributed by atoms with E-state index in [1.54, 1.807) is 17.2 Å². The minimum absolute atomic E-state index is 0.207. The maximum atomic E-state index is 13.6. The number of anilines is 1. The van der Waals surface area contributed by atoms with Gasteiger partial charge in [-0.25, -0.2) is 4.98 Å². The highest BCUT2D eigenvalue weighted by Gasteiger charge is 2.25. The number of ether oxygens (including phenoxy) is 1. The second kappa shape index (κ2) is 9.22. The number of hydrogen-bond acceptors (Lipinski definition) is 7. The summed E-state index contributed by atoms with van der Waals surface area (Å²) in [6, 6.07) is 22.5. The van der Waals surface area contributed by atoms with Gasteiger partial charge in [-0.3, -0.25) is 14.7 Å². The predicted molar refractivity (Wildman–Crippen MR) is 127 cm³/mol. The van der Waals surface area contributed by atoms with Crippen LogP contribution < -0.4 is 9.64 Å². The van der Waals surface area contributed by atoms with E-state index in [2.05, 4.69) is 10.1 Å². The molecule has 0 bridgehead atoms. The van der Waals surface area contributed by atoms with Crippen LogP contribution in [0.2, 0.25) is 0 Å². The highest BCUT2D eigenvalue weighted by molar-refractivity contribution is 7.22. The van der Waals surface area contributed by atoms with Crippen molar-refractivity contribution >= 4 is 32.6 Å². The van der Waals surface area contributed by atoms with E-state index in [4.69, 9.17) is 14.2 Å². The Balaban J connectivity index is 1.51. The van der Waals surface area contributed by atoms with Crippen LogP contribution in [-0.2, 0) is 6.54 Å². The molecule has 0 N–H and O–H groups in total. The second-order valence-electron chi connectivity index (χ2n) is 7.21. The predicted octanol–water partition coefficient (Wildman–Crippen LogP) is 5.59. The van der Waals surface area contributed by atoms with E-state index in [0.717, 1.165) is 27.2 Å². The van der Waals surface area contributed by atoms with Gasteiger partial charge in [0.15, 0.2) is 16.6 Å². The lowest BCUT2D eigenvalue weighted by Gasteiger charge is -2.18. The minimum Gasteiger partial charge on any atom is -0.494 e. The molecule has 5 rings (SSSR count). The lowest BCUT2D eigenvalue weighted by molar-refractivity contribution is 0.0976. The minimum atomic E-state index is -0.310. The fourth-order valence-electron chi connectivity index (χ4n) is 3.40. The first-order valence-electron chi connectivity index (χ1n) is 10.5. The Morgan fingerprint density at radius 1 is 1.06 bits per heavy atom. The van der Waals surface area contributed by atoms with Crippen molar-refractivity contribution in [2.24, 2.45) is 0 Å². The highest BCUT2D eigenvalue weighted by Crippen LogP contribution is 2.33. The summed E-state index contributed by atoms with van der Waals surface area (Å²) in [6.45, 7) is 2.78. The fourth-order valence-corrected chi connectivity index (χ4v) is 4.39. The molecule has 3 aromatic heterocycles. The van der Waals surface area contributed by atoms with E-state index in [-0.39, 0.29) is 18.1 Å². The van der Waals surface area contributed by atoms with Crippen molar-refractivity contribution in [3.8, 4) is 17.1 Å². The molecule has 0 fully saturated rings. The maximum Gasteiger partial charge on any atom is 0.282 e. The van der Waals surface area contributed by atoms with Gasteiger partial charge < -0.3 is 9.26 Å². The molecule has 0 aliphatic rings. The average molecular weight is 457 g/mol. The van der Waals surface area contributed by atoms with Crippen molar-refractivity contribution in [2.75, 3.05) is 11.5 Å². The Morgan fingerprint density at radius 3 is 2.70 bits per heavy atom. The third kappa shape index (κ3) is 4.47. The number of carbonyl (C=O) groups excluding carboxylic acids is 1. The van der Waals surface area contributed by atoms with Crippen LogP contribution in [0.1, 0.15) is 23.1 Å². The van der Waals surface area contributed by atoms with Gasteiger partial charge in [0.25, 0.3) is 5.91 Å². The summed E-state index contributed by atoms with van der Waals surface area (Å²) < 4.78 is 12.0. The molecule has 3 heterocycles. The van der Waals surface area contributed by atoms with E-state index in [1.165, 1.54) is 11.3 Å². The molecule has 2 aromatic carbocycles. The fraction of sp³-hybridized carbons (Fsp3) is 0.120. The lowest BCUT2D eigenvalue weighted by atomic mass is 10.1. The van der Waals surface area contributed by atoms with E-state index in [1.807, 2.05) is 73.7 Å². The molecule has 0 radical (unpaired) electrons. The molecule has 0 saturated carbocycles. The molecule has 164 valence electrons. The van der Waals surface area contributed by atoms with Crippen molar-refractivity contribution in [1.82, 2.24) is 15.1 Å². The number of carbonyl (C=O) groups is 1. The van der Waals surface area contributed by atoms with Crippen molar-refractivity contribution in [1.29, 1.82) is 0 Å². The van der Waals surface area contributed by atoms with Crippen LogP contribution in [-0.4, -0.2) is 27.6 Å². The third-order valence-corrected chi connectivity index (χ3v) is 6.01. The van der Waals surface area contributed by atoms with Crippen molar-refractivity contribution in [3.05, 3.63) is 90.4 Å². The zero-order valence-corrected chi connectivity index (χ0v) is 18.7. The van der Waals surface area contributed by atoms with E-state index in [9.17, 15) is 4.79 Å². The molecule has 0 saturated heterocycles. The third-order valence-electron chi connectivity index (χ3n) is 4.97. The first-order valence-corrected chi connectivity index (χ1v) is 11.3. The molecule has 1 amide bonds. The number of nitrogens with zero attached hydrogens (tertiary/aromatic N) is 4.